The minimum atomic E-state index is -0.589. The van der Waals surface area contributed by atoms with Crippen LogP contribution in [0.5, 0.6) is 17.2 Å². The molecule has 0 radical (unpaired) electrons. The fraction of sp³-hybridized carbons (Fsp3) is 0.294. The third-order valence-electron chi connectivity index (χ3n) is 3.59. The normalized spacial score (nSPS) is 13.8. The maximum atomic E-state index is 10.0. The van der Waals surface area contributed by atoms with Crippen LogP contribution >= 0.6 is 23.2 Å². The van der Waals surface area contributed by atoms with Crippen LogP contribution in [0.25, 0.3) is 0 Å². The molecule has 0 unspecified atom stereocenters. The molecule has 0 aliphatic carbocycles. The van der Waals surface area contributed by atoms with Gasteiger partial charge in [-0.05, 0) is 30.3 Å². The third-order valence-corrected chi connectivity index (χ3v) is 4.33. The number of hydrogen-bond donors (Lipinski definition) is 2. The van der Waals surface area contributed by atoms with Crippen LogP contribution in [0.2, 0.25) is 10.0 Å². The summed E-state index contributed by atoms with van der Waals surface area (Å²) in [5, 5.41) is 12.9. The smallest absolute Gasteiger partial charge is 0.231 e. The zero-order valence-electron chi connectivity index (χ0n) is 12.9. The maximum Gasteiger partial charge on any atom is 0.231 e. The van der Waals surface area contributed by atoms with Crippen LogP contribution in [0.15, 0.2) is 36.4 Å². The molecule has 1 atom stereocenters. The number of benzene rings is 2. The van der Waals surface area contributed by atoms with Gasteiger partial charge in [0.05, 0.1) is 10.0 Å². The number of quaternary nitrogens is 1. The molecule has 24 heavy (non-hydrogen) atoms. The SMILES string of the molecule is O[C@H](C[NH2+]Cc1ccc2c(c1)OCO2)COc1ccc(Cl)c(Cl)c1. The molecule has 3 rings (SSSR count). The molecule has 1 aliphatic rings. The van der Waals surface area contributed by atoms with Crippen molar-refractivity contribution in [3.8, 4) is 17.2 Å². The molecule has 0 fully saturated rings. The maximum absolute atomic E-state index is 10.0. The Balaban J connectivity index is 1.41. The fourth-order valence-corrected chi connectivity index (χ4v) is 2.63. The van der Waals surface area contributed by atoms with Gasteiger partial charge < -0.3 is 24.6 Å². The van der Waals surface area contributed by atoms with Gasteiger partial charge in [-0.25, -0.2) is 0 Å². The average molecular weight is 371 g/mol. The topological polar surface area (TPSA) is 64.5 Å². The Morgan fingerprint density at radius 3 is 2.75 bits per heavy atom. The molecule has 1 aliphatic heterocycles. The molecular weight excluding hydrogens is 353 g/mol. The molecule has 0 saturated heterocycles. The standard InChI is InChI=1S/C17H17Cl2NO4/c18-14-3-2-13(6-15(14)19)22-9-12(21)8-20-7-11-1-4-16-17(5-11)24-10-23-16/h1-6,12,20-21H,7-10H2/p+1/t12-/m1/s1. The van der Waals surface area contributed by atoms with E-state index in [4.69, 9.17) is 37.4 Å². The Hall–Kier alpha value is -1.66. The molecule has 0 spiro atoms. The van der Waals surface area contributed by atoms with Gasteiger partial charge in [0.2, 0.25) is 6.79 Å². The molecule has 2 aromatic carbocycles. The van der Waals surface area contributed by atoms with Crippen LogP contribution < -0.4 is 19.5 Å². The second-order valence-electron chi connectivity index (χ2n) is 5.46. The van der Waals surface area contributed by atoms with Crippen LogP contribution in [0.3, 0.4) is 0 Å². The Morgan fingerprint density at radius 2 is 1.92 bits per heavy atom. The van der Waals surface area contributed by atoms with Gasteiger partial charge in [-0.1, -0.05) is 23.2 Å². The second-order valence-corrected chi connectivity index (χ2v) is 6.27. The highest BCUT2D eigenvalue weighted by Crippen LogP contribution is 2.32. The Labute approximate surface area is 150 Å². The highest BCUT2D eigenvalue weighted by Gasteiger charge is 2.14. The van der Waals surface area contributed by atoms with E-state index >= 15 is 0 Å². The first-order chi connectivity index (χ1) is 11.6. The van der Waals surface area contributed by atoms with E-state index < -0.39 is 6.10 Å². The van der Waals surface area contributed by atoms with Crippen molar-refractivity contribution in [1.82, 2.24) is 0 Å². The van der Waals surface area contributed by atoms with E-state index in [1.807, 2.05) is 23.5 Å². The number of nitrogens with two attached hydrogens (primary N) is 1. The lowest BCUT2D eigenvalue weighted by atomic mass is 10.2. The molecule has 1 heterocycles. The first-order valence-electron chi connectivity index (χ1n) is 7.58. The summed E-state index contributed by atoms with van der Waals surface area (Å²) in [5.74, 6) is 2.12. The van der Waals surface area contributed by atoms with Crippen molar-refractivity contribution in [3.63, 3.8) is 0 Å². The van der Waals surface area contributed by atoms with Crippen molar-refractivity contribution in [2.24, 2.45) is 0 Å². The fourth-order valence-electron chi connectivity index (χ4n) is 2.34. The predicted octanol–water partition coefficient (Wildman–Crippen LogP) is 2.23. The number of aliphatic hydroxyl groups excluding tert-OH is 1. The predicted molar refractivity (Wildman–Crippen MR) is 91.0 cm³/mol. The van der Waals surface area contributed by atoms with Gasteiger partial charge in [0.1, 0.15) is 31.5 Å². The van der Waals surface area contributed by atoms with Gasteiger partial charge in [-0.3, -0.25) is 0 Å². The zero-order valence-corrected chi connectivity index (χ0v) is 14.4. The molecule has 2 aromatic rings. The van der Waals surface area contributed by atoms with Gasteiger partial charge in [-0.15, -0.1) is 0 Å². The van der Waals surface area contributed by atoms with Crippen LogP contribution in [0.4, 0.5) is 0 Å². The number of ether oxygens (including phenoxy) is 3. The van der Waals surface area contributed by atoms with Gasteiger partial charge in [-0.2, -0.15) is 0 Å². The number of hydrogen-bond acceptors (Lipinski definition) is 4. The Kier molecular flexibility index (Phi) is 5.68. The summed E-state index contributed by atoms with van der Waals surface area (Å²) in [6.07, 6.45) is -0.589. The highest BCUT2D eigenvalue weighted by molar-refractivity contribution is 6.42. The summed E-state index contributed by atoms with van der Waals surface area (Å²) < 4.78 is 16.1. The summed E-state index contributed by atoms with van der Waals surface area (Å²) in [7, 11) is 0. The van der Waals surface area contributed by atoms with Crippen molar-refractivity contribution in [2.75, 3.05) is 19.9 Å². The van der Waals surface area contributed by atoms with E-state index in [1.165, 1.54) is 0 Å². The molecule has 0 saturated carbocycles. The van der Waals surface area contributed by atoms with Crippen LogP contribution in [0.1, 0.15) is 5.56 Å². The first kappa shape index (κ1) is 17.2. The molecule has 128 valence electrons. The summed E-state index contributed by atoms with van der Waals surface area (Å²) in [6, 6.07) is 10.9. The van der Waals surface area contributed by atoms with E-state index in [-0.39, 0.29) is 13.4 Å². The average Bonchev–Trinajstić information content (AvgIpc) is 3.04. The minimum Gasteiger partial charge on any atom is -0.491 e. The molecule has 0 amide bonds. The lowest BCUT2D eigenvalue weighted by Crippen LogP contribution is -2.85. The van der Waals surface area contributed by atoms with Crippen LogP contribution in [-0.2, 0) is 6.54 Å². The number of fused-ring (bicyclic) bond motifs is 1. The Bertz CT molecular complexity index is 711. The molecule has 5 nitrogen and oxygen atoms in total. The summed E-state index contributed by atoms with van der Waals surface area (Å²) >= 11 is 11.8. The van der Waals surface area contributed by atoms with Crippen molar-refractivity contribution >= 4 is 23.2 Å². The van der Waals surface area contributed by atoms with Crippen molar-refractivity contribution < 1.29 is 24.6 Å². The van der Waals surface area contributed by atoms with Crippen molar-refractivity contribution in [2.45, 2.75) is 12.6 Å². The minimum absolute atomic E-state index is 0.190. The van der Waals surface area contributed by atoms with E-state index in [9.17, 15) is 5.11 Å². The largest absolute Gasteiger partial charge is 0.491 e. The molecule has 3 N–H and O–H groups in total. The third kappa shape index (κ3) is 4.45. The van der Waals surface area contributed by atoms with Gasteiger partial charge in [0.25, 0.3) is 0 Å². The Morgan fingerprint density at radius 1 is 1.08 bits per heavy atom. The van der Waals surface area contributed by atoms with Crippen molar-refractivity contribution in [3.05, 3.63) is 52.0 Å². The van der Waals surface area contributed by atoms with E-state index in [0.29, 0.717) is 22.3 Å². The van der Waals surface area contributed by atoms with Crippen molar-refractivity contribution in [1.29, 1.82) is 0 Å². The molecule has 7 heteroatoms. The highest BCUT2D eigenvalue weighted by atomic mass is 35.5. The van der Waals surface area contributed by atoms with E-state index in [1.54, 1.807) is 18.2 Å². The van der Waals surface area contributed by atoms with Gasteiger partial charge >= 0.3 is 0 Å². The molecular formula is C17H18Cl2NO4+. The number of rotatable bonds is 7. The zero-order chi connectivity index (χ0) is 16.9. The number of aliphatic hydroxyl groups is 1. The summed E-state index contributed by atoms with van der Waals surface area (Å²) in [5.41, 5.74) is 1.11. The molecule has 0 aromatic heterocycles. The van der Waals surface area contributed by atoms with E-state index in [0.717, 1.165) is 23.6 Å². The lowest BCUT2D eigenvalue weighted by molar-refractivity contribution is -0.676. The quantitative estimate of drug-likeness (QED) is 0.784. The molecule has 0 bridgehead atoms. The van der Waals surface area contributed by atoms with E-state index in [2.05, 4.69) is 0 Å². The van der Waals surface area contributed by atoms with Crippen LogP contribution in [0, 0.1) is 0 Å². The lowest BCUT2D eigenvalue weighted by Gasteiger charge is -2.12. The second kappa shape index (κ2) is 7.94. The summed E-state index contributed by atoms with van der Waals surface area (Å²) in [4.78, 5) is 0. The first-order valence-corrected chi connectivity index (χ1v) is 8.33. The van der Waals surface area contributed by atoms with Gasteiger partial charge in [0, 0.05) is 11.6 Å². The summed E-state index contributed by atoms with van der Waals surface area (Å²) in [6.45, 7) is 1.72. The van der Waals surface area contributed by atoms with Crippen LogP contribution in [-0.4, -0.2) is 31.2 Å². The number of halogens is 2. The van der Waals surface area contributed by atoms with Gasteiger partial charge in [0.15, 0.2) is 11.5 Å². The monoisotopic (exact) mass is 370 g/mol.